The highest BCUT2D eigenvalue weighted by atomic mass is 32.1. The minimum Gasteiger partial charge on any atom is -0.459 e. The van der Waals surface area contributed by atoms with E-state index in [4.69, 9.17) is 4.74 Å². The highest BCUT2D eigenvalue weighted by Gasteiger charge is 2.24. The number of benzene rings is 1. The van der Waals surface area contributed by atoms with E-state index < -0.39 is 12.0 Å². The summed E-state index contributed by atoms with van der Waals surface area (Å²) in [5.41, 5.74) is 2.91. The fourth-order valence-corrected chi connectivity index (χ4v) is 4.15. The Balaban J connectivity index is 1.96. The molecule has 7 nitrogen and oxygen atoms in total. The van der Waals surface area contributed by atoms with Gasteiger partial charge in [0.05, 0.1) is 17.8 Å². The maximum absolute atomic E-state index is 13.1. The van der Waals surface area contributed by atoms with Crippen molar-refractivity contribution in [3.8, 4) is 0 Å². The molecule has 3 aromatic rings. The van der Waals surface area contributed by atoms with Gasteiger partial charge < -0.3 is 10.1 Å². The second-order valence-corrected chi connectivity index (χ2v) is 8.56. The first-order chi connectivity index (χ1) is 14.1. The number of anilines is 1. The molecule has 2 aromatic heterocycles. The Bertz CT molecular complexity index is 1190. The molecule has 0 saturated carbocycles. The number of nitrogens with one attached hydrogen (secondary N) is 1. The molecular formula is C22H25N3O4S. The summed E-state index contributed by atoms with van der Waals surface area (Å²) in [5.74, 6) is -0.795. The lowest BCUT2D eigenvalue weighted by Crippen LogP contribution is -2.32. The zero-order valence-corrected chi connectivity index (χ0v) is 18.7. The monoisotopic (exact) mass is 427 g/mol. The molecule has 0 saturated heterocycles. The molecule has 0 radical (unpaired) electrons. The van der Waals surface area contributed by atoms with Gasteiger partial charge in [0, 0.05) is 5.69 Å². The van der Waals surface area contributed by atoms with E-state index in [9.17, 15) is 14.4 Å². The van der Waals surface area contributed by atoms with Crippen molar-refractivity contribution in [1.29, 1.82) is 0 Å². The first-order valence-electron chi connectivity index (χ1n) is 9.70. The van der Waals surface area contributed by atoms with Crippen LogP contribution in [0, 0.1) is 20.8 Å². The van der Waals surface area contributed by atoms with Gasteiger partial charge >= 0.3 is 5.97 Å². The maximum atomic E-state index is 13.1. The summed E-state index contributed by atoms with van der Waals surface area (Å²) >= 11 is 1.12. The van der Waals surface area contributed by atoms with E-state index in [1.807, 2.05) is 32.0 Å². The first kappa shape index (κ1) is 21.7. The van der Waals surface area contributed by atoms with Gasteiger partial charge in [0.25, 0.3) is 5.56 Å². The van der Waals surface area contributed by atoms with Crippen molar-refractivity contribution in [2.24, 2.45) is 0 Å². The van der Waals surface area contributed by atoms with Gasteiger partial charge in [-0.15, -0.1) is 11.3 Å². The number of hydrogen-bond acceptors (Lipinski definition) is 6. The Morgan fingerprint density at radius 3 is 2.50 bits per heavy atom. The number of amides is 1. The van der Waals surface area contributed by atoms with Crippen LogP contribution in [-0.4, -0.2) is 27.5 Å². The Kier molecular flexibility index (Phi) is 6.07. The lowest BCUT2D eigenvalue weighted by molar-refractivity contribution is -0.118. The topological polar surface area (TPSA) is 90.3 Å². The van der Waals surface area contributed by atoms with E-state index in [-0.39, 0.29) is 17.6 Å². The molecule has 3 rings (SSSR count). The van der Waals surface area contributed by atoms with E-state index in [1.54, 1.807) is 27.7 Å². The van der Waals surface area contributed by atoms with Crippen molar-refractivity contribution >= 4 is 39.1 Å². The third-order valence-electron chi connectivity index (χ3n) is 5.06. The van der Waals surface area contributed by atoms with Crippen molar-refractivity contribution < 1.29 is 14.3 Å². The standard InChI is InChI=1S/C22H25N3O4S/c1-11(2)29-22(28)18-14(5)17-20(30-18)23-10-25(21(17)27)15(6)19(26)24-16-9-7-8-12(3)13(16)4/h7-11,15H,1-6H3,(H,24,26). The minimum absolute atomic E-state index is 0.263. The first-order valence-corrected chi connectivity index (χ1v) is 10.5. The van der Waals surface area contributed by atoms with Crippen LogP contribution in [0.5, 0.6) is 0 Å². The number of aromatic nitrogens is 2. The highest BCUT2D eigenvalue weighted by Crippen LogP contribution is 2.28. The van der Waals surface area contributed by atoms with Crippen LogP contribution in [0.15, 0.2) is 29.3 Å². The molecule has 1 N–H and O–H groups in total. The molecule has 1 unspecified atom stereocenters. The molecule has 8 heteroatoms. The van der Waals surface area contributed by atoms with Crippen molar-refractivity contribution in [1.82, 2.24) is 9.55 Å². The van der Waals surface area contributed by atoms with Gasteiger partial charge in [0.2, 0.25) is 5.91 Å². The molecular weight excluding hydrogens is 402 g/mol. The summed E-state index contributed by atoms with van der Waals surface area (Å²) in [6.07, 6.45) is 1.09. The molecule has 0 spiro atoms. The second-order valence-electron chi connectivity index (χ2n) is 7.56. The number of nitrogens with zero attached hydrogens (tertiary/aromatic N) is 2. The largest absolute Gasteiger partial charge is 0.459 e. The summed E-state index contributed by atoms with van der Waals surface area (Å²) in [6.45, 7) is 10.8. The van der Waals surface area contributed by atoms with E-state index in [1.165, 1.54) is 10.9 Å². The fourth-order valence-electron chi connectivity index (χ4n) is 3.13. The van der Waals surface area contributed by atoms with Gasteiger partial charge in [-0.2, -0.15) is 0 Å². The molecule has 2 heterocycles. The molecule has 30 heavy (non-hydrogen) atoms. The molecule has 0 aliphatic rings. The summed E-state index contributed by atoms with van der Waals surface area (Å²) in [4.78, 5) is 43.4. The van der Waals surface area contributed by atoms with E-state index >= 15 is 0 Å². The van der Waals surface area contributed by atoms with E-state index in [0.717, 1.165) is 22.5 Å². The number of aryl methyl sites for hydroxylation is 2. The molecule has 1 atom stereocenters. The quantitative estimate of drug-likeness (QED) is 0.618. The van der Waals surface area contributed by atoms with Crippen LogP contribution in [-0.2, 0) is 9.53 Å². The van der Waals surface area contributed by atoms with Crippen LogP contribution in [0.25, 0.3) is 10.2 Å². The van der Waals surface area contributed by atoms with Gasteiger partial charge in [-0.05, 0) is 64.3 Å². The van der Waals surface area contributed by atoms with Gasteiger partial charge in [-0.3, -0.25) is 14.2 Å². The predicted molar refractivity (Wildman–Crippen MR) is 118 cm³/mol. The Morgan fingerprint density at radius 1 is 1.13 bits per heavy atom. The lowest BCUT2D eigenvalue weighted by Gasteiger charge is -2.16. The number of carbonyl (C=O) groups excluding carboxylic acids is 2. The number of hydrogen-bond donors (Lipinski definition) is 1. The third kappa shape index (κ3) is 4.00. The molecule has 0 bridgehead atoms. The summed E-state index contributed by atoms with van der Waals surface area (Å²) in [7, 11) is 0. The van der Waals surface area contributed by atoms with Gasteiger partial charge in [0.15, 0.2) is 0 Å². The Labute approximate surface area is 178 Å². The molecule has 1 aromatic carbocycles. The fraction of sp³-hybridized carbons (Fsp3) is 0.364. The SMILES string of the molecule is Cc1cccc(NC(=O)C(C)n2cnc3sc(C(=O)OC(C)C)c(C)c3c2=O)c1C. The van der Waals surface area contributed by atoms with Crippen molar-refractivity contribution in [3.63, 3.8) is 0 Å². The van der Waals surface area contributed by atoms with Crippen LogP contribution in [0.1, 0.15) is 53.2 Å². The molecule has 158 valence electrons. The normalized spacial score (nSPS) is 12.2. The summed E-state index contributed by atoms with van der Waals surface area (Å²) in [5, 5.41) is 3.22. The van der Waals surface area contributed by atoms with Crippen LogP contribution in [0.4, 0.5) is 5.69 Å². The maximum Gasteiger partial charge on any atom is 0.348 e. The van der Waals surface area contributed by atoms with E-state index in [0.29, 0.717) is 26.3 Å². The molecule has 0 fully saturated rings. The second kappa shape index (κ2) is 8.39. The van der Waals surface area contributed by atoms with Crippen LogP contribution in [0.3, 0.4) is 0 Å². The third-order valence-corrected chi connectivity index (χ3v) is 6.24. The average molecular weight is 428 g/mol. The lowest BCUT2D eigenvalue weighted by atomic mass is 10.1. The zero-order valence-electron chi connectivity index (χ0n) is 17.9. The number of fused-ring (bicyclic) bond motifs is 1. The summed E-state index contributed by atoms with van der Waals surface area (Å²) in [6, 6.07) is 4.89. The number of ether oxygens (including phenoxy) is 1. The Morgan fingerprint density at radius 2 is 1.83 bits per heavy atom. The predicted octanol–water partition coefficient (Wildman–Crippen LogP) is 4.15. The van der Waals surface area contributed by atoms with Crippen molar-refractivity contribution in [2.75, 3.05) is 5.32 Å². The van der Waals surface area contributed by atoms with Crippen LogP contribution < -0.4 is 10.9 Å². The minimum atomic E-state index is -0.778. The number of esters is 1. The van der Waals surface area contributed by atoms with Crippen molar-refractivity contribution in [3.05, 3.63) is 56.4 Å². The van der Waals surface area contributed by atoms with Gasteiger partial charge in [-0.25, -0.2) is 9.78 Å². The Hall–Kier alpha value is -3.00. The highest BCUT2D eigenvalue weighted by molar-refractivity contribution is 7.20. The average Bonchev–Trinajstić information content (AvgIpc) is 3.02. The molecule has 0 aliphatic carbocycles. The molecule has 1 amide bonds. The number of carbonyl (C=O) groups is 2. The van der Waals surface area contributed by atoms with E-state index in [2.05, 4.69) is 10.3 Å². The smallest absolute Gasteiger partial charge is 0.348 e. The van der Waals surface area contributed by atoms with Crippen LogP contribution >= 0.6 is 11.3 Å². The summed E-state index contributed by atoms with van der Waals surface area (Å²) < 4.78 is 6.55. The van der Waals surface area contributed by atoms with Crippen LogP contribution in [0.2, 0.25) is 0 Å². The zero-order chi connectivity index (χ0) is 22.2. The van der Waals surface area contributed by atoms with Gasteiger partial charge in [0.1, 0.15) is 15.7 Å². The van der Waals surface area contributed by atoms with Gasteiger partial charge in [-0.1, -0.05) is 12.1 Å². The number of thiophene rings is 1. The number of rotatable bonds is 5. The molecule has 0 aliphatic heterocycles. The van der Waals surface area contributed by atoms with Crippen molar-refractivity contribution in [2.45, 2.75) is 53.7 Å².